The Bertz CT molecular complexity index is 674. The van der Waals surface area contributed by atoms with Crippen molar-refractivity contribution in [1.82, 2.24) is 16.0 Å². The van der Waals surface area contributed by atoms with Gasteiger partial charge < -0.3 is 37.0 Å². The Hall–Kier alpha value is -2.38. The van der Waals surface area contributed by atoms with E-state index in [-0.39, 0.29) is 12.3 Å². The maximum atomic E-state index is 12.7. The summed E-state index contributed by atoms with van der Waals surface area (Å²) >= 11 is 1.37. The largest absolute Gasteiger partial charge is 0.481 e. The highest BCUT2D eigenvalue weighted by Crippen LogP contribution is 2.06. The van der Waals surface area contributed by atoms with Crippen molar-refractivity contribution in [2.24, 2.45) is 11.7 Å². The summed E-state index contributed by atoms with van der Waals surface area (Å²) in [5, 5.41) is 34.8. The Labute approximate surface area is 191 Å². The number of hydrogen-bond donors (Lipinski definition) is 7. The van der Waals surface area contributed by atoms with E-state index in [4.69, 9.17) is 15.9 Å². The number of carbonyl (C=O) groups is 5. The second-order valence-corrected chi connectivity index (χ2v) is 8.79. The Balaban J connectivity index is 5.39. The van der Waals surface area contributed by atoms with Crippen molar-refractivity contribution < 1.29 is 39.3 Å². The first-order valence-electron chi connectivity index (χ1n) is 10.1. The second kappa shape index (κ2) is 14.6. The molecule has 12 nitrogen and oxygen atoms in total. The van der Waals surface area contributed by atoms with Crippen LogP contribution < -0.4 is 21.7 Å². The minimum Gasteiger partial charge on any atom is -0.481 e. The van der Waals surface area contributed by atoms with Crippen LogP contribution in [0.2, 0.25) is 0 Å². The quantitative estimate of drug-likeness (QED) is 0.145. The zero-order valence-electron chi connectivity index (χ0n) is 18.7. The lowest BCUT2D eigenvalue weighted by atomic mass is 10.0. The molecule has 0 bridgehead atoms. The van der Waals surface area contributed by atoms with Crippen LogP contribution in [0, 0.1) is 5.92 Å². The predicted octanol–water partition coefficient (Wildman–Crippen LogP) is -1.49. The molecule has 0 saturated carbocycles. The minimum absolute atomic E-state index is 0.103. The van der Waals surface area contributed by atoms with Crippen LogP contribution in [-0.2, 0) is 24.0 Å². The van der Waals surface area contributed by atoms with Gasteiger partial charge in [-0.1, -0.05) is 13.8 Å². The summed E-state index contributed by atoms with van der Waals surface area (Å²) in [4.78, 5) is 59.6. The van der Waals surface area contributed by atoms with E-state index in [9.17, 15) is 29.1 Å². The molecule has 0 saturated heterocycles. The average Bonchev–Trinajstić information content (AvgIpc) is 2.66. The van der Waals surface area contributed by atoms with Crippen LogP contribution in [-0.4, -0.2) is 87.3 Å². The minimum atomic E-state index is -1.69. The second-order valence-electron chi connectivity index (χ2n) is 7.80. The third kappa shape index (κ3) is 11.3. The number of carboxylic acid groups (broad SMARTS) is 2. The molecule has 0 aromatic carbocycles. The van der Waals surface area contributed by atoms with Gasteiger partial charge >= 0.3 is 11.9 Å². The standard InChI is InChI=1S/C19H34N4O8S/c1-9(2)7-11(20)16(27)23-15(10(3)24)18(29)21-12(5-6-32-4)17(28)22-13(19(30)31)8-14(25)26/h9-13,15,24H,5-8,20H2,1-4H3,(H,21,29)(H,22,28)(H,23,27)(H,25,26)(H,30,31). The van der Waals surface area contributed by atoms with E-state index in [1.54, 1.807) is 6.26 Å². The maximum absolute atomic E-state index is 12.7. The van der Waals surface area contributed by atoms with E-state index in [1.807, 2.05) is 13.8 Å². The number of aliphatic carboxylic acids is 2. The molecule has 5 atom stereocenters. The summed E-state index contributed by atoms with van der Waals surface area (Å²) in [6, 6.07) is -5.20. The van der Waals surface area contributed by atoms with Crippen molar-refractivity contribution in [1.29, 1.82) is 0 Å². The zero-order valence-corrected chi connectivity index (χ0v) is 19.5. The normalized spacial score (nSPS) is 15.7. The summed E-state index contributed by atoms with van der Waals surface area (Å²) in [6.07, 6.45) is 0.0681. The molecular weight excluding hydrogens is 444 g/mol. The molecule has 8 N–H and O–H groups in total. The van der Waals surface area contributed by atoms with E-state index in [1.165, 1.54) is 18.7 Å². The van der Waals surface area contributed by atoms with Gasteiger partial charge in [-0.05, 0) is 37.7 Å². The van der Waals surface area contributed by atoms with Crippen molar-refractivity contribution in [2.75, 3.05) is 12.0 Å². The predicted molar refractivity (Wildman–Crippen MR) is 118 cm³/mol. The lowest BCUT2D eigenvalue weighted by molar-refractivity contribution is -0.147. The molecule has 184 valence electrons. The fourth-order valence-electron chi connectivity index (χ4n) is 2.69. The van der Waals surface area contributed by atoms with Crippen LogP contribution in [0.3, 0.4) is 0 Å². The van der Waals surface area contributed by atoms with E-state index in [2.05, 4.69) is 16.0 Å². The Morgan fingerprint density at radius 2 is 1.47 bits per heavy atom. The van der Waals surface area contributed by atoms with Crippen LogP contribution in [0.1, 0.15) is 40.0 Å². The van der Waals surface area contributed by atoms with Gasteiger partial charge in [0, 0.05) is 0 Å². The number of nitrogens with two attached hydrogens (primary N) is 1. The van der Waals surface area contributed by atoms with Crippen LogP contribution in [0.15, 0.2) is 0 Å². The first kappa shape index (κ1) is 29.6. The SMILES string of the molecule is CSCCC(NC(=O)C(NC(=O)C(N)CC(C)C)C(C)O)C(=O)NC(CC(=O)O)C(=O)O. The number of rotatable bonds is 15. The highest BCUT2D eigenvalue weighted by molar-refractivity contribution is 7.98. The smallest absolute Gasteiger partial charge is 0.326 e. The van der Waals surface area contributed by atoms with Crippen molar-refractivity contribution >= 4 is 41.4 Å². The van der Waals surface area contributed by atoms with Crippen molar-refractivity contribution in [3.63, 3.8) is 0 Å². The summed E-state index contributed by atoms with van der Waals surface area (Å²) < 4.78 is 0. The van der Waals surface area contributed by atoms with Crippen molar-refractivity contribution in [3.05, 3.63) is 0 Å². The number of aliphatic hydroxyl groups is 1. The molecule has 0 rings (SSSR count). The van der Waals surface area contributed by atoms with Crippen LogP contribution in [0.5, 0.6) is 0 Å². The molecule has 3 amide bonds. The van der Waals surface area contributed by atoms with Crippen molar-refractivity contribution in [3.8, 4) is 0 Å². The summed E-state index contributed by atoms with van der Waals surface area (Å²) in [6.45, 7) is 5.02. The van der Waals surface area contributed by atoms with Gasteiger partial charge in [-0.3, -0.25) is 19.2 Å². The van der Waals surface area contributed by atoms with Gasteiger partial charge in [-0.2, -0.15) is 11.8 Å². The summed E-state index contributed by atoms with van der Waals surface area (Å²) in [5.41, 5.74) is 5.81. The molecule has 0 aliphatic heterocycles. The molecule has 0 spiro atoms. The fourth-order valence-corrected chi connectivity index (χ4v) is 3.16. The van der Waals surface area contributed by atoms with Crippen molar-refractivity contribution in [2.45, 2.75) is 70.3 Å². The molecule has 0 aliphatic carbocycles. The highest BCUT2D eigenvalue weighted by atomic mass is 32.2. The van der Waals surface area contributed by atoms with Crippen LogP contribution in [0.25, 0.3) is 0 Å². The number of thioether (sulfide) groups is 1. The molecule has 0 aliphatic rings. The number of amides is 3. The number of aliphatic hydroxyl groups excluding tert-OH is 1. The van der Waals surface area contributed by atoms with E-state index in [0.29, 0.717) is 12.2 Å². The lowest BCUT2D eigenvalue weighted by Crippen LogP contribution is -2.60. The van der Waals surface area contributed by atoms with Crippen LogP contribution in [0.4, 0.5) is 0 Å². The van der Waals surface area contributed by atoms with Gasteiger partial charge in [0.2, 0.25) is 17.7 Å². The first-order chi connectivity index (χ1) is 14.8. The zero-order chi connectivity index (χ0) is 25.0. The number of hydrogen-bond acceptors (Lipinski definition) is 8. The molecule has 32 heavy (non-hydrogen) atoms. The molecular formula is C19H34N4O8S. The first-order valence-corrected chi connectivity index (χ1v) is 11.5. The van der Waals surface area contributed by atoms with E-state index >= 15 is 0 Å². The van der Waals surface area contributed by atoms with Gasteiger partial charge in [0.1, 0.15) is 18.1 Å². The van der Waals surface area contributed by atoms with Gasteiger partial charge in [0.05, 0.1) is 18.6 Å². The number of carboxylic acids is 2. The molecule has 0 aromatic heterocycles. The maximum Gasteiger partial charge on any atom is 0.326 e. The summed E-state index contributed by atoms with van der Waals surface area (Å²) in [7, 11) is 0. The topological polar surface area (TPSA) is 208 Å². The Kier molecular flexibility index (Phi) is 13.5. The summed E-state index contributed by atoms with van der Waals surface area (Å²) in [5.74, 6) is -4.81. The van der Waals surface area contributed by atoms with Gasteiger partial charge in [0.25, 0.3) is 0 Å². The Morgan fingerprint density at radius 1 is 0.906 bits per heavy atom. The van der Waals surface area contributed by atoms with Gasteiger partial charge in [-0.25, -0.2) is 4.79 Å². The van der Waals surface area contributed by atoms with E-state index < -0.39 is 66.4 Å². The molecule has 0 aromatic rings. The van der Waals surface area contributed by atoms with E-state index in [0.717, 1.165) is 0 Å². The third-order valence-corrected chi connectivity index (χ3v) is 5.01. The lowest BCUT2D eigenvalue weighted by Gasteiger charge is -2.26. The molecule has 13 heteroatoms. The fraction of sp³-hybridized carbons (Fsp3) is 0.737. The average molecular weight is 479 g/mol. The van der Waals surface area contributed by atoms with Crippen LogP contribution >= 0.6 is 11.8 Å². The Morgan fingerprint density at radius 3 is 1.91 bits per heavy atom. The van der Waals surface area contributed by atoms with Gasteiger partial charge in [-0.15, -0.1) is 0 Å². The molecule has 0 radical (unpaired) electrons. The molecule has 5 unspecified atom stereocenters. The highest BCUT2D eigenvalue weighted by Gasteiger charge is 2.32. The molecule has 0 heterocycles. The number of carbonyl (C=O) groups excluding carboxylic acids is 3. The van der Waals surface area contributed by atoms with Gasteiger partial charge in [0.15, 0.2) is 0 Å². The number of nitrogens with one attached hydrogen (secondary N) is 3. The third-order valence-electron chi connectivity index (χ3n) is 4.36. The molecule has 0 fully saturated rings. The monoisotopic (exact) mass is 478 g/mol.